The molecule has 7 rings (SSSR count). The van der Waals surface area contributed by atoms with Gasteiger partial charge >= 0.3 is 0 Å². The van der Waals surface area contributed by atoms with E-state index in [2.05, 4.69) is 11.6 Å². The highest BCUT2D eigenvalue weighted by molar-refractivity contribution is 7.99. The molecule has 0 saturated heterocycles. The van der Waals surface area contributed by atoms with E-state index in [0.29, 0.717) is 26.8 Å². The van der Waals surface area contributed by atoms with E-state index >= 15 is 0 Å². The smallest absolute Gasteiger partial charge is 0.266 e. The summed E-state index contributed by atoms with van der Waals surface area (Å²) in [6.45, 7) is 2.09. The van der Waals surface area contributed by atoms with Crippen LogP contribution in [0.15, 0.2) is 124 Å². The molecule has 6 nitrogen and oxygen atoms in total. The molecule has 214 valence electrons. The predicted molar refractivity (Wildman–Crippen MR) is 174 cm³/mol. The lowest BCUT2D eigenvalue weighted by atomic mass is 10.1. The van der Waals surface area contributed by atoms with Crippen molar-refractivity contribution in [3.63, 3.8) is 0 Å². The summed E-state index contributed by atoms with van der Waals surface area (Å²) >= 11 is 7.43. The summed E-state index contributed by atoms with van der Waals surface area (Å²) in [5, 5.41) is 3.08. The second kappa shape index (κ2) is 11.0. The fraction of sp³-hybridized carbons (Fsp3) is 0.118. The molecule has 0 aliphatic heterocycles. The molecule has 43 heavy (non-hydrogen) atoms. The van der Waals surface area contributed by atoms with Crippen LogP contribution < -0.4 is 10.3 Å². The van der Waals surface area contributed by atoms with E-state index in [1.54, 1.807) is 22.8 Å². The lowest BCUT2D eigenvalue weighted by Gasteiger charge is -2.24. The molecule has 0 amide bonds. The van der Waals surface area contributed by atoms with E-state index in [1.165, 1.54) is 23.9 Å². The van der Waals surface area contributed by atoms with Crippen LogP contribution in [0.25, 0.3) is 27.4 Å². The molecule has 0 fully saturated rings. The number of halogens is 1. The Morgan fingerprint density at radius 1 is 0.860 bits per heavy atom. The Morgan fingerprint density at radius 3 is 2.28 bits per heavy atom. The van der Waals surface area contributed by atoms with Crippen molar-refractivity contribution in [2.24, 2.45) is 0 Å². The molecule has 0 spiro atoms. The van der Waals surface area contributed by atoms with Crippen molar-refractivity contribution in [2.75, 3.05) is 0 Å². The van der Waals surface area contributed by atoms with Gasteiger partial charge in [-0.3, -0.25) is 9.36 Å². The Balaban J connectivity index is 1.40. The van der Waals surface area contributed by atoms with Gasteiger partial charge in [-0.25, -0.2) is 18.1 Å². The zero-order valence-electron chi connectivity index (χ0n) is 23.1. The minimum atomic E-state index is -3.92. The first-order valence-electron chi connectivity index (χ1n) is 13.9. The largest absolute Gasteiger partial charge is 0.268 e. The van der Waals surface area contributed by atoms with Gasteiger partial charge in [0.25, 0.3) is 5.56 Å². The summed E-state index contributed by atoms with van der Waals surface area (Å²) in [6.07, 6.45) is 0.881. The van der Waals surface area contributed by atoms with Crippen LogP contribution in [0, 0.1) is 0 Å². The highest BCUT2D eigenvalue weighted by atomic mass is 35.5. The highest BCUT2D eigenvalue weighted by Gasteiger charge is 2.39. The molecule has 2 atom stereocenters. The molecule has 1 heterocycles. The van der Waals surface area contributed by atoms with E-state index in [9.17, 15) is 13.2 Å². The fourth-order valence-electron chi connectivity index (χ4n) is 5.76. The van der Waals surface area contributed by atoms with Gasteiger partial charge < -0.3 is 0 Å². The summed E-state index contributed by atoms with van der Waals surface area (Å²) in [6, 6.07) is 32.7. The first-order valence-corrected chi connectivity index (χ1v) is 16.7. The van der Waals surface area contributed by atoms with Crippen molar-refractivity contribution in [3.05, 3.63) is 141 Å². The minimum absolute atomic E-state index is 0.125. The Bertz CT molecular complexity index is 2180. The summed E-state index contributed by atoms with van der Waals surface area (Å²) in [4.78, 5) is 19.1. The lowest BCUT2D eigenvalue weighted by Crippen LogP contribution is -2.30. The fourth-order valence-corrected chi connectivity index (χ4v) is 8.54. The third-order valence-corrected chi connectivity index (χ3v) is 10.9. The Kier molecular flexibility index (Phi) is 7.10. The van der Waals surface area contributed by atoms with Crippen molar-refractivity contribution < 1.29 is 8.42 Å². The van der Waals surface area contributed by atoms with Gasteiger partial charge in [-0.1, -0.05) is 91.0 Å². The number of hydrogen-bond acceptors (Lipinski definition) is 5. The molecule has 5 aromatic carbocycles. The topological polar surface area (TPSA) is 81.1 Å². The van der Waals surface area contributed by atoms with Gasteiger partial charge in [0.2, 0.25) is 10.0 Å². The Hall–Kier alpha value is -3.95. The summed E-state index contributed by atoms with van der Waals surface area (Å²) in [5.41, 5.74) is 4.14. The van der Waals surface area contributed by atoms with Crippen LogP contribution >= 0.6 is 23.4 Å². The van der Waals surface area contributed by atoms with Crippen molar-refractivity contribution in [1.82, 2.24) is 14.3 Å². The zero-order chi connectivity index (χ0) is 29.7. The zero-order valence-corrected chi connectivity index (χ0v) is 25.5. The summed E-state index contributed by atoms with van der Waals surface area (Å²) in [5.74, 6) is 0. The number of benzene rings is 5. The second-order valence-corrected chi connectivity index (χ2v) is 13.7. The summed E-state index contributed by atoms with van der Waals surface area (Å²) < 4.78 is 32.0. The highest BCUT2D eigenvalue weighted by Crippen LogP contribution is 2.53. The van der Waals surface area contributed by atoms with Gasteiger partial charge in [0.15, 0.2) is 5.16 Å². The number of para-hydroxylation sites is 1. The molecule has 1 aliphatic carbocycles. The molecule has 6 aromatic rings. The number of aromatic nitrogens is 2. The van der Waals surface area contributed by atoms with E-state index in [1.807, 2.05) is 78.9 Å². The molecule has 1 N–H and O–H groups in total. The van der Waals surface area contributed by atoms with Crippen LogP contribution in [0.3, 0.4) is 0 Å². The van der Waals surface area contributed by atoms with E-state index in [4.69, 9.17) is 16.6 Å². The summed E-state index contributed by atoms with van der Waals surface area (Å²) in [7, 11) is -3.92. The maximum atomic E-state index is 14.0. The van der Waals surface area contributed by atoms with Crippen LogP contribution in [0.4, 0.5) is 0 Å². The molecule has 0 radical (unpaired) electrons. The lowest BCUT2D eigenvalue weighted by molar-refractivity contribution is 0.557. The predicted octanol–water partition coefficient (Wildman–Crippen LogP) is 7.62. The van der Waals surface area contributed by atoms with Crippen molar-refractivity contribution in [3.8, 4) is 5.69 Å². The minimum Gasteiger partial charge on any atom is -0.268 e. The number of nitrogens with one attached hydrogen (secondary N) is 1. The first kappa shape index (κ1) is 27.9. The van der Waals surface area contributed by atoms with Gasteiger partial charge in [0.1, 0.15) is 0 Å². The monoisotopic (exact) mass is 623 g/mol. The average Bonchev–Trinajstić information content (AvgIpc) is 3.30. The number of sulfonamides is 1. The number of hydrogen-bond donors (Lipinski definition) is 1. The SMILES string of the molecule is CCc1ccc(-n2c(S[C@H]3c4cccc5cccc(c45)[C@@H]3NS(=O)(=O)c3ccc(Cl)cc3)nc3ccccc3c2=O)cc1. The third-order valence-electron chi connectivity index (χ3n) is 7.90. The number of thioether (sulfide) groups is 1. The number of fused-ring (bicyclic) bond motifs is 1. The van der Waals surface area contributed by atoms with Gasteiger partial charge in [-0.2, -0.15) is 0 Å². The standard InChI is InChI=1S/C34H26ClN3O3S2/c1-2-21-13-17-24(18-14-21)38-33(39)26-9-3-4-12-29(26)36-34(38)42-32-28-11-6-8-22-7-5-10-27(30(22)28)31(32)37-43(40,41)25-19-15-23(35)16-20-25/h3-20,31-32,37H,2H2,1H3/t31-,32-/m0/s1. The number of rotatable bonds is 7. The quantitative estimate of drug-likeness (QED) is 0.185. The number of aryl methyl sites for hydroxylation is 1. The number of nitrogens with zero attached hydrogens (tertiary/aromatic N) is 2. The molecule has 1 aliphatic rings. The van der Waals surface area contributed by atoms with E-state index < -0.39 is 21.3 Å². The van der Waals surface area contributed by atoms with Crippen molar-refractivity contribution in [1.29, 1.82) is 0 Å². The maximum absolute atomic E-state index is 14.0. The van der Waals surface area contributed by atoms with Crippen LogP contribution in [0.5, 0.6) is 0 Å². The first-order chi connectivity index (χ1) is 20.8. The van der Waals surface area contributed by atoms with Crippen molar-refractivity contribution >= 4 is 55.1 Å². The van der Waals surface area contributed by atoms with Crippen LogP contribution in [0.2, 0.25) is 5.02 Å². The van der Waals surface area contributed by atoms with Gasteiger partial charge in [0, 0.05) is 5.02 Å². The maximum Gasteiger partial charge on any atom is 0.266 e. The van der Waals surface area contributed by atoms with E-state index in [-0.39, 0.29) is 10.5 Å². The van der Waals surface area contributed by atoms with Crippen LogP contribution in [-0.2, 0) is 16.4 Å². The van der Waals surface area contributed by atoms with Gasteiger partial charge in [0.05, 0.1) is 32.8 Å². The Morgan fingerprint density at radius 2 is 1.56 bits per heavy atom. The Labute approximate surface area is 258 Å². The van der Waals surface area contributed by atoms with Crippen LogP contribution in [0.1, 0.15) is 34.9 Å². The van der Waals surface area contributed by atoms with E-state index in [0.717, 1.165) is 33.9 Å². The molecule has 9 heteroatoms. The normalized spacial score (nSPS) is 16.2. The molecule has 0 saturated carbocycles. The van der Waals surface area contributed by atoms with Crippen LogP contribution in [-0.4, -0.2) is 18.0 Å². The molecule has 0 unspecified atom stereocenters. The average molecular weight is 624 g/mol. The molecular weight excluding hydrogens is 598 g/mol. The molecular formula is C34H26ClN3O3S2. The third kappa shape index (κ3) is 4.94. The van der Waals surface area contributed by atoms with Gasteiger partial charge in [-0.15, -0.1) is 0 Å². The second-order valence-electron chi connectivity index (χ2n) is 10.5. The molecule has 0 bridgehead atoms. The van der Waals surface area contributed by atoms with Gasteiger partial charge in [-0.05, 0) is 82.4 Å². The molecule has 1 aromatic heterocycles. The van der Waals surface area contributed by atoms with Crippen molar-refractivity contribution in [2.45, 2.75) is 34.7 Å².